The van der Waals surface area contributed by atoms with Crippen LogP contribution in [0.4, 0.5) is 0 Å². The van der Waals surface area contributed by atoms with Crippen molar-refractivity contribution in [2.24, 2.45) is 7.05 Å². The first-order chi connectivity index (χ1) is 19.3. The molecular formula is C37H35N2O+. The summed E-state index contributed by atoms with van der Waals surface area (Å²) < 4.78 is 11.5. The minimum Gasteiger partial charge on any atom is -0.456 e. The van der Waals surface area contributed by atoms with Crippen molar-refractivity contribution in [3.05, 3.63) is 108 Å². The Bertz CT molecular complexity index is 2060. The molecule has 0 bridgehead atoms. The van der Waals surface area contributed by atoms with Gasteiger partial charge in [-0.05, 0) is 65.9 Å². The number of hydrogen-bond donors (Lipinski definition) is 0. The largest absolute Gasteiger partial charge is 0.456 e. The summed E-state index contributed by atoms with van der Waals surface area (Å²) in [6.45, 7) is 11.4. The predicted molar refractivity (Wildman–Crippen MR) is 168 cm³/mol. The molecule has 198 valence electrons. The second kappa shape index (κ2) is 9.09. The van der Waals surface area contributed by atoms with Crippen LogP contribution in [-0.2, 0) is 7.05 Å². The van der Waals surface area contributed by atoms with Gasteiger partial charge in [-0.1, -0.05) is 82.3 Å². The Labute approximate surface area is 235 Å². The summed E-state index contributed by atoms with van der Waals surface area (Å²) >= 11 is 0. The van der Waals surface area contributed by atoms with Gasteiger partial charge in [0, 0.05) is 27.5 Å². The number of nitrogens with zero attached hydrogens (tertiary/aromatic N) is 2. The molecule has 0 N–H and O–H groups in total. The molecule has 0 aliphatic carbocycles. The first-order valence-corrected chi connectivity index (χ1v) is 14.3. The van der Waals surface area contributed by atoms with Gasteiger partial charge in [-0.25, -0.2) is 4.57 Å². The summed E-state index contributed by atoms with van der Waals surface area (Å²) in [6.07, 6.45) is 0. The van der Waals surface area contributed by atoms with Gasteiger partial charge in [0.1, 0.15) is 16.9 Å². The van der Waals surface area contributed by atoms with E-state index in [1.54, 1.807) is 0 Å². The summed E-state index contributed by atoms with van der Waals surface area (Å²) in [5, 5.41) is 4.76. The molecule has 40 heavy (non-hydrogen) atoms. The molecule has 0 radical (unpaired) electrons. The van der Waals surface area contributed by atoms with Crippen molar-refractivity contribution in [3.8, 4) is 17.1 Å². The predicted octanol–water partition coefficient (Wildman–Crippen LogP) is 9.73. The Morgan fingerprint density at radius 3 is 2.05 bits per heavy atom. The quantitative estimate of drug-likeness (QED) is 0.210. The zero-order valence-electron chi connectivity index (χ0n) is 24.1. The van der Waals surface area contributed by atoms with Gasteiger partial charge in [0.25, 0.3) is 5.82 Å². The van der Waals surface area contributed by atoms with Gasteiger partial charge >= 0.3 is 0 Å². The third-order valence-electron chi connectivity index (χ3n) is 8.58. The Morgan fingerprint density at radius 1 is 0.700 bits per heavy atom. The third-order valence-corrected chi connectivity index (χ3v) is 8.58. The van der Waals surface area contributed by atoms with E-state index in [2.05, 4.69) is 142 Å². The molecule has 0 saturated carbocycles. The van der Waals surface area contributed by atoms with E-state index in [1.807, 2.05) is 0 Å². The molecular weight excluding hydrogens is 488 g/mol. The molecule has 7 aromatic rings. The maximum absolute atomic E-state index is 6.62. The van der Waals surface area contributed by atoms with E-state index in [0.29, 0.717) is 11.8 Å². The van der Waals surface area contributed by atoms with Crippen molar-refractivity contribution < 1.29 is 8.98 Å². The molecule has 0 amide bonds. The second-order valence-corrected chi connectivity index (χ2v) is 11.7. The normalized spacial score (nSPS) is 12.2. The minimum atomic E-state index is 0.390. The highest BCUT2D eigenvalue weighted by atomic mass is 16.3. The number of rotatable bonds is 4. The smallest absolute Gasteiger partial charge is 0.295 e. The summed E-state index contributed by atoms with van der Waals surface area (Å²) in [5.74, 6) is 1.95. The Balaban J connectivity index is 1.59. The van der Waals surface area contributed by atoms with Crippen LogP contribution in [0, 0.1) is 6.92 Å². The van der Waals surface area contributed by atoms with Crippen molar-refractivity contribution in [2.75, 3.05) is 0 Å². The Hall–Kier alpha value is -4.37. The van der Waals surface area contributed by atoms with Gasteiger partial charge in [-0.2, -0.15) is 4.57 Å². The van der Waals surface area contributed by atoms with E-state index in [0.717, 1.165) is 22.1 Å². The molecule has 0 saturated heterocycles. The van der Waals surface area contributed by atoms with Crippen molar-refractivity contribution in [2.45, 2.75) is 46.5 Å². The third kappa shape index (κ3) is 3.54. The molecule has 0 unspecified atom stereocenters. The lowest BCUT2D eigenvalue weighted by Crippen LogP contribution is -2.30. The van der Waals surface area contributed by atoms with Gasteiger partial charge < -0.3 is 4.42 Å². The zero-order valence-corrected chi connectivity index (χ0v) is 24.1. The fourth-order valence-corrected chi connectivity index (χ4v) is 6.51. The van der Waals surface area contributed by atoms with Gasteiger partial charge in [0.05, 0.1) is 12.6 Å². The molecule has 0 spiro atoms. The lowest BCUT2D eigenvalue weighted by molar-refractivity contribution is -0.633. The highest BCUT2D eigenvalue weighted by Gasteiger charge is 2.32. The average Bonchev–Trinajstić information content (AvgIpc) is 3.46. The van der Waals surface area contributed by atoms with Crippen LogP contribution >= 0.6 is 0 Å². The SMILES string of the molecule is Cc1c(-c2n(-c3c(C(C)C)cccc3C(C)C)c3ccccc3[n+]2C)ccc2c1oc1cc3ccccc3cc12. The number of benzene rings is 5. The molecule has 2 heterocycles. The number of aryl methyl sites for hydroxylation is 2. The van der Waals surface area contributed by atoms with Crippen LogP contribution in [0.3, 0.4) is 0 Å². The van der Waals surface area contributed by atoms with Crippen LogP contribution in [0.2, 0.25) is 0 Å². The van der Waals surface area contributed by atoms with E-state index < -0.39 is 0 Å². The maximum Gasteiger partial charge on any atom is 0.295 e. The van der Waals surface area contributed by atoms with Crippen molar-refractivity contribution in [1.82, 2.24) is 4.57 Å². The monoisotopic (exact) mass is 523 g/mol. The summed E-state index contributed by atoms with van der Waals surface area (Å²) in [4.78, 5) is 0. The molecule has 0 atom stereocenters. The number of fused-ring (bicyclic) bond motifs is 5. The highest BCUT2D eigenvalue weighted by molar-refractivity contribution is 6.11. The number of hydrogen-bond acceptors (Lipinski definition) is 1. The Kier molecular flexibility index (Phi) is 5.60. The maximum atomic E-state index is 6.62. The summed E-state index contributed by atoms with van der Waals surface area (Å²) in [7, 11) is 2.19. The first-order valence-electron chi connectivity index (χ1n) is 14.3. The lowest BCUT2D eigenvalue weighted by atomic mass is 9.92. The number of aromatic nitrogens is 2. The van der Waals surface area contributed by atoms with Crippen molar-refractivity contribution >= 4 is 43.7 Å². The topological polar surface area (TPSA) is 21.9 Å². The fourth-order valence-electron chi connectivity index (χ4n) is 6.51. The molecule has 3 nitrogen and oxygen atoms in total. The Morgan fingerprint density at radius 2 is 1.35 bits per heavy atom. The van der Waals surface area contributed by atoms with Gasteiger partial charge in [-0.3, -0.25) is 0 Å². The van der Waals surface area contributed by atoms with Crippen molar-refractivity contribution in [1.29, 1.82) is 0 Å². The number of imidazole rings is 1. The summed E-state index contributed by atoms with van der Waals surface area (Å²) in [5.41, 5.74) is 10.7. The molecule has 0 aliphatic rings. The second-order valence-electron chi connectivity index (χ2n) is 11.7. The van der Waals surface area contributed by atoms with Crippen LogP contribution in [0.1, 0.15) is 56.2 Å². The molecule has 7 rings (SSSR count). The molecule has 3 heteroatoms. The van der Waals surface area contributed by atoms with E-state index in [9.17, 15) is 0 Å². The minimum absolute atomic E-state index is 0.390. The lowest BCUT2D eigenvalue weighted by Gasteiger charge is -2.18. The van der Waals surface area contributed by atoms with Crippen LogP contribution in [-0.4, -0.2) is 4.57 Å². The van der Waals surface area contributed by atoms with E-state index >= 15 is 0 Å². The average molecular weight is 524 g/mol. The first kappa shape index (κ1) is 24.7. The van der Waals surface area contributed by atoms with Crippen LogP contribution in [0.5, 0.6) is 0 Å². The van der Waals surface area contributed by atoms with E-state index in [4.69, 9.17) is 4.42 Å². The van der Waals surface area contributed by atoms with Crippen molar-refractivity contribution in [3.63, 3.8) is 0 Å². The molecule has 5 aromatic carbocycles. The number of furan rings is 1. The van der Waals surface area contributed by atoms with E-state index in [-0.39, 0.29) is 0 Å². The fraction of sp³-hybridized carbons (Fsp3) is 0.216. The molecule has 0 fully saturated rings. The highest BCUT2D eigenvalue weighted by Crippen LogP contribution is 2.40. The van der Waals surface area contributed by atoms with Crippen LogP contribution in [0.15, 0.2) is 95.4 Å². The zero-order chi connectivity index (χ0) is 27.7. The van der Waals surface area contributed by atoms with Gasteiger partial charge in [0.2, 0.25) is 0 Å². The molecule has 2 aromatic heterocycles. The van der Waals surface area contributed by atoms with Crippen LogP contribution in [0.25, 0.3) is 60.8 Å². The molecule has 0 aliphatic heterocycles. The van der Waals surface area contributed by atoms with Crippen LogP contribution < -0.4 is 4.57 Å². The van der Waals surface area contributed by atoms with Gasteiger partial charge in [-0.15, -0.1) is 0 Å². The van der Waals surface area contributed by atoms with E-state index in [1.165, 1.54) is 55.4 Å². The van der Waals surface area contributed by atoms with Gasteiger partial charge in [0.15, 0.2) is 11.0 Å². The summed E-state index contributed by atoms with van der Waals surface area (Å²) in [6, 6.07) is 33.0. The number of para-hydroxylation sites is 3. The standard InChI is InChI=1S/C37H35N2O/c1-22(2)27-14-11-15-28(23(3)4)35(27)39-33-17-10-9-16-32(33)38(6)37(39)29-18-19-30-31-20-25-12-7-8-13-26(25)21-34(31)40-36(30)24(29)5/h7-23H,1-6H3/q+1.